The standard InChI is InChI=1S/C19H23BN2O4S/c1-18(2)19(3,4)26-20(25-18)14-5-6-21-15-8-13(27-17(14)15)10-22-9-12(11-23)7-16(22)24/h5-6,8,11-12H,7,9-10H2,1-4H3. The fraction of sp³-hybridized carbons (Fsp3) is 0.526. The van der Waals surface area contributed by atoms with Crippen molar-refractivity contribution in [3.63, 3.8) is 0 Å². The van der Waals surface area contributed by atoms with Crippen molar-refractivity contribution in [2.45, 2.75) is 51.9 Å². The van der Waals surface area contributed by atoms with Gasteiger partial charge in [0.1, 0.15) is 6.29 Å². The highest BCUT2D eigenvalue weighted by Gasteiger charge is 2.52. The Balaban J connectivity index is 1.62. The van der Waals surface area contributed by atoms with Crippen molar-refractivity contribution in [1.29, 1.82) is 0 Å². The van der Waals surface area contributed by atoms with E-state index in [-0.39, 0.29) is 11.8 Å². The molecule has 2 aromatic heterocycles. The van der Waals surface area contributed by atoms with Crippen molar-refractivity contribution in [2.75, 3.05) is 6.54 Å². The minimum absolute atomic E-state index is 0.0312. The van der Waals surface area contributed by atoms with E-state index in [0.29, 0.717) is 19.5 Å². The molecule has 6 nitrogen and oxygen atoms in total. The third-order valence-electron chi connectivity index (χ3n) is 5.78. The molecule has 8 heteroatoms. The number of aldehydes is 1. The van der Waals surface area contributed by atoms with Crippen molar-refractivity contribution in [3.8, 4) is 0 Å². The number of aromatic nitrogens is 1. The number of carbonyl (C=O) groups excluding carboxylic acids is 2. The van der Waals surface area contributed by atoms with Gasteiger partial charge in [-0.15, -0.1) is 11.3 Å². The Morgan fingerprint density at radius 2 is 2.04 bits per heavy atom. The molecule has 0 aromatic carbocycles. The van der Waals surface area contributed by atoms with Gasteiger partial charge < -0.3 is 19.0 Å². The smallest absolute Gasteiger partial charge is 0.399 e. The van der Waals surface area contributed by atoms with E-state index in [0.717, 1.165) is 26.8 Å². The van der Waals surface area contributed by atoms with Crippen molar-refractivity contribution < 1.29 is 18.9 Å². The van der Waals surface area contributed by atoms with E-state index in [9.17, 15) is 9.59 Å². The molecule has 2 aliphatic heterocycles. The Bertz CT molecular complexity index is 894. The van der Waals surface area contributed by atoms with Crippen LogP contribution in [0.15, 0.2) is 18.3 Å². The number of nitrogens with zero attached hydrogens (tertiary/aromatic N) is 2. The van der Waals surface area contributed by atoms with Crippen molar-refractivity contribution in [1.82, 2.24) is 9.88 Å². The number of rotatable bonds is 4. The summed E-state index contributed by atoms with van der Waals surface area (Å²) >= 11 is 1.60. The van der Waals surface area contributed by atoms with Crippen LogP contribution < -0.4 is 5.46 Å². The molecular weight excluding hydrogens is 363 g/mol. The zero-order chi connectivity index (χ0) is 19.4. The lowest BCUT2D eigenvalue weighted by atomic mass is 9.79. The van der Waals surface area contributed by atoms with E-state index in [1.807, 2.05) is 39.8 Å². The number of thiophene rings is 1. The summed E-state index contributed by atoms with van der Waals surface area (Å²) in [6.07, 6.45) is 2.95. The summed E-state index contributed by atoms with van der Waals surface area (Å²) in [5, 5.41) is 0. The average Bonchev–Trinajstić information content (AvgIpc) is 3.22. The van der Waals surface area contributed by atoms with Crippen LogP contribution in [0.2, 0.25) is 0 Å². The molecule has 4 rings (SSSR count). The van der Waals surface area contributed by atoms with Gasteiger partial charge in [0.15, 0.2) is 0 Å². The minimum Gasteiger partial charge on any atom is -0.399 e. The predicted octanol–water partition coefficient (Wildman–Crippen LogP) is 2.14. The molecular formula is C19H23BN2O4S. The first-order valence-electron chi connectivity index (χ1n) is 9.16. The summed E-state index contributed by atoms with van der Waals surface area (Å²) in [5.74, 6) is -0.158. The second-order valence-electron chi connectivity index (χ2n) is 8.29. The SMILES string of the molecule is CC1(C)OB(c2ccnc3cc(CN4CC(C=O)CC4=O)sc23)OC1(C)C. The fourth-order valence-electron chi connectivity index (χ4n) is 3.48. The Kier molecular flexibility index (Phi) is 4.40. The molecule has 2 aromatic rings. The van der Waals surface area contributed by atoms with Gasteiger partial charge in [-0.25, -0.2) is 0 Å². The Morgan fingerprint density at radius 3 is 2.67 bits per heavy atom. The molecule has 1 atom stereocenters. The van der Waals surface area contributed by atoms with Gasteiger partial charge in [-0.05, 0) is 39.8 Å². The van der Waals surface area contributed by atoms with Crippen molar-refractivity contribution in [3.05, 3.63) is 23.2 Å². The van der Waals surface area contributed by atoms with Crippen LogP contribution in [-0.2, 0) is 25.4 Å². The third kappa shape index (κ3) is 3.20. The molecule has 27 heavy (non-hydrogen) atoms. The van der Waals surface area contributed by atoms with Crippen molar-refractivity contribution in [2.24, 2.45) is 5.92 Å². The normalized spacial score (nSPS) is 24.1. The van der Waals surface area contributed by atoms with E-state index >= 15 is 0 Å². The molecule has 0 N–H and O–H groups in total. The lowest BCUT2D eigenvalue weighted by Crippen LogP contribution is -2.41. The van der Waals surface area contributed by atoms with Gasteiger partial charge in [0, 0.05) is 35.4 Å². The van der Waals surface area contributed by atoms with Crippen LogP contribution in [0, 0.1) is 5.92 Å². The number of hydrogen-bond donors (Lipinski definition) is 0. The van der Waals surface area contributed by atoms with E-state index in [1.54, 1.807) is 22.4 Å². The number of carbonyl (C=O) groups is 2. The molecule has 0 radical (unpaired) electrons. The largest absolute Gasteiger partial charge is 0.496 e. The number of pyridine rings is 1. The second kappa shape index (κ2) is 6.39. The topological polar surface area (TPSA) is 68.7 Å². The van der Waals surface area contributed by atoms with E-state index in [1.165, 1.54) is 0 Å². The van der Waals surface area contributed by atoms with Crippen molar-refractivity contribution >= 4 is 46.3 Å². The average molecular weight is 386 g/mol. The predicted molar refractivity (Wildman–Crippen MR) is 105 cm³/mol. The monoisotopic (exact) mass is 386 g/mol. The van der Waals surface area contributed by atoms with Crippen LogP contribution in [0.1, 0.15) is 39.0 Å². The van der Waals surface area contributed by atoms with Gasteiger partial charge in [-0.3, -0.25) is 9.78 Å². The van der Waals surface area contributed by atoms with Gasteiger partial charge in [-0.2, -0.15) is 0 Å². The minimum atomic E-state index is -0.445. The number of fused-ring (bicyclic) bond motifs is 1. The van der Waals surface area contributed by atoms with Gasteiger partial charge in [-0.1, -0.05) is 0 Å². The fourth-order valence-corrected chi connectivity index (χ4v) is 4.63. The molecule has 142 valence electrons. The van der Waals surface area contributed by atoms with Gasteiger partial charge >= 0.3 is 7.12 Å². The molecule has 1 amide bonds. The van der Waals surface area contributed by atoms with Crippen LogP contribution in [0.25, 0.3) is 10.2 Å². The highest BCUT2D eigenvalue weighted by atomic mass is 32.1. The molecule has 2 fully saturated rings. The van der Waals surface area contributed by atoms with Crippen LogP contribution >= 0.6 is 11.3 Å². The summed E-state index contributed by atoms with van der Waals surface area (Å²) in [5.41, 5.74) is 1.03. The van der Waals surface area contributed by atoms with Gasteiger partial charge in [0.05, 0.1) is 28.0 Å². The first-order chi connectivity index (χ1) is 12.7. The highest BCUT2D eigenvalue weighted by molar-refractivity contribution is 7.20. The first-order valence-corrected chi connectivity index (χ1v) is 9.98. The van der Waals surface area contributed by atoms with Crippen LogP contribution in [0.5, 0.6) is 0 Å². The molecule has 4 heterocycles. The second-order valence-corrected chi connectivity index (χ2v) is 9.43. The van der Waals surface area contributed by atoms with Crippen LogP contribution in [0.4, 0.5) is 0 Å². The maximum Gasteiger partial charge on any atom is 0.496 e. The Labute approximate surface area is 163 Å². The molecule has 0 aliphatic carbocycles. The first kappa shape index (κ1) is 18.6. The van der Waals surface area contributed by atoms with Gasteiger partial charge in [0.2, 0.25) is 5.91 Å². The maximum atomic E-state index is 12.1. The summed E-state index contributed by atoms with van der Waals surface area (Å²) in [7, 11) is -0.445. The van der Waals surface area contributed by atoms with E-state index < -0.39 is 18.3 Å². The Hall–Kier alpha value is -1.77. The molecule has 0 saturated carbocycles. The summed E-state index contributed by atoms with van der Waals surface area (Å²) in [6.45, 7) is 9.14. The summed E-state index contributed by atoms with van der Waals surface area (Å²) in [4.78, 5) is 30.3. The molecule has 0 bridgehead atoms. The molecule has 1 unspecified atom stereocenters. The lowest BCUT2D eigenvalue weighted by Gasteiger charge is -2.32. The number of hydrogen-bond acceptors (Lipinski definition) is 6. The Morgan fingerprint density at radius 1 is 1.33 bits per heavy atom. The highest BCUT2D eigenvalue weighted by Crippen LogP contribution is 2.37. The summed E-state index contributed by atoms with van der Waals surface area (Å²) < 4.78 is 13.4. The van der Waals surface area contributed by atoms with E-state index in [2.05, 4.69) is 4.98 Å². The van der Waals surface area contributed by atoms with E-state index in [4.69, 9.17) is 9.31 Å². The lowest BCUT2D eigenvalue weighted by molar-refractivity contribution is -0.128. The zero-order valence-electron chi connectivity index (χ0n) is 16.0. The maximum absolute atomic E-state index is 12.1. The third-order valence-corrected chi connectivity index (χ3v) is 6.94. The van der Waals surface area contributed by atoms with Crippen LogP contribution in [-0.4, -0.2) is 46.9 Å². The van der Waals surface area contributed by atoms with Crippen LogP contribution in [0.3, 0.4) is 0 Å². The zero-order valence-corrected chi connectivity index (χ0v) is 16.8. The summed E-state index contributed by atoms with van der Waals surface area (Å²) in [6, 6.07) is 3.95. The molecule has 2 aliphatic rings. The number of likely N-dealkylation sites (tertiary alicyclic amines) is 1. The quantitative estimate of drug-likeness (QED) is 0.595. The molecule has 0 spiro atoms. The number of amides is 1. The molecule has 2 saturated heterocycles. The van der Waals surface area contributed by atoms with Gasteiger partial charge in [0.25, 0.3) is 0 Å².